The molecule has 1 aliphatic heterocycles. The summed E-state index contributed by atoms with van der Waals surface area (Å²) < 4.78 is 26.6. The van der Waals surface area contributed by atoms with Gasteiger partial charge in [-0.15, -0.1) is 11.3 Å². The molecule has 21 heavy (non-hydrogen) atoms. The summed E-state index contributed by atoms with van der Waals surface area (Å²) in [6.45, 7) is 5.61. The van der Waals surface area contributed by atoms with Crippen molar-refractivity contribution in [2.24, 2.45) is 11.8 Å². The van der Waals surface area contributed by atoms with E-state index in [0.717, 1.165) is 0 Å². The van der Waals surface area contributed by atoms with Gasteiger partial charge in [0.1, 0.15) is 4.21 Å². The average molecular weight is 330 g/mol. The highest BCUT2D eigenvalue weighted by molar-refractivity contribution is 7.91. The van der Waals surface area contributed by atoms with E-state index in [1.165, 1.54) is 15.6 Å². The monoisotopic (exact) mass is 330 g/mol. The average Bonchev–Trinajstić information content (AvgIpc) is 2.99. The van der Waals surface area contributed by atoms with Crippen LogP contribution in [0.2, 0.25) is 0 Å². The molecule has 1 N–H and O–H groups in total. The van der Waals surface area contributed by atoms with Crippen LogP contribution in [0.15, 0.2) is 21.7 Å². The van der Waals surface area contributed by atoms with Gasteiger partial charge in [-0.2, -0.15) is 4.31 Å². The Morgan fingerprint density at radius 1 is 1.43 bits per heavy atom. The minimum absolute atomic E-state index is 0.0527. The first-order valence-electron chi connectivity index (χ1n) is 7.22. The summed E-state index contributed by atoms with van der Waals surface area (Å²) >= 11 is 1.23. The molecule has 0 spiro atoms. The number of carbonyl (C=O) groups is 1. The normalized spacial score (nSPS) is 18.0. The molecule has 2 rings (SSSR count). The second-order valence-corrected chi connectivity index (χ2v) is 8.86. The molecule has 1 amide bonds. The van der Waals surface area contributed by atoms with Gasteiger partial charge in [-0.1, -0.05) is 19.9 Å². The smallest absolute Gasteiger partial charge is 0.252 e. The van der Waals surface area contributed by atoms with Crippen molar-refractivity contribution in [2.45, 2.75) is 30.9 Å². The van der Waals surface area contributed by atoms with Gasteiger partial charge in [-0.3, -0.25) is 4.79 Å². The SMILES string of the molecule is CC(C)CNC(=O)C1CCN(S(=O)(=O)c2cccs2)CC1. The summed E-state index contributed by atoms with van der Waals surface area (Å²) in [5.41, 5.74) is 0. The zero-order chi connectivity index (χ0) is 15.5. The third-order valence-electron chi connectivity index (χ3n) is 3.60. The zero-order valence-electron chi connectivity index (χ0n) is 12.4. The Bertz CT molecular complexity index is 559. The van der Waals surface area contributed by atoms with Crippen LogP contribution in [-0.4, -0.2) is 38.3 Å². The Balaban J connectivity index is 1.90. The summed E-state index contributed by atoms with van der Waals surface area (Å²) in [5.74, 6) is 0.406. The van der Waals surface area contributed by atoms with Gasteiger partial charge >= 0.3 is 0 Å². The molecule has 0 radical (unpaired) electrons. The maximum absolute atomic E-state index is 12.4. The first kappa shape index (κ1) is 16.5. The Morgan fingerprint density at radius 2 is 2.10 bits per heavy atom. The summed E-state index contributed by atoms with van der Waals surface area (Å²) in [6, 6.07) is 3.37. The molecular weight excluding hydrogens is 308 g/mol. The highest BCUT2D eigenvalue weighted by Gasteiger charge is 2.32. The number of rotatable bonds is 5. The molecule has 1 aliphatic rings. The van der Waals surface area contributed by atoms with E-state index in [9.17, 15) is 13.2 Å². The maximum atomic E-state index is 12.4. The van der Waals surface area contributed by atoms with Crippen LogP contribution >= 0.6 is 11.3 Å². The fraction of sp³-hybridized carbons (Fsp3) is 0.643. The van der Waals surface area contributed by atoms with Crippen LogP contribution in [0.3, 0.4) is 0 Å². The van der Waals surface area contributed by atoms with Gasteiger partial charge in [0, 0.05) is 25.6 Å². The summed E-state index contributed by atoms with van der Waals surface area (Å²) in [5, 5.41) is 4.69. The van der Waals surface area contributed by atoms with E-state index in [0.29, 0.717) is 42.6 Å². The van der Waals surface area contributed by atoms with Crippen LogP contribution in [0, 0.1) is 11.8 Å². The second kappa shape index (κ2) is 6.89. The molecule has 2 heterocycles. The second-order valence-electron chi connectivity index (χ2n) is 5.75. The van der Waals surface area contributed by atoms with Crippen molar-refractivity contribution >= 4 is 27.3 Å². The summed E-state index contributed by atoms with van der Waals surface area (Å²) in [6.07, 6.45) is 1.18. The number of amides is 1. The Morgan fingerprint density at radius 3 is 2.62 bits per heavy atom. The number of carbonyl (C=O) groups excluding carboxylic acids is 1. The number of nitrogens with zero attached hydrogens (tertiary/aromatic N) is 1. The molecular formula is C14H22N2O3S2. The van der Waals surface area contributed by atoms with E-state index in [-0.39, 0.29) is 11.8 Å². The highest BCUT2D eigenvalue weighted by Crippen LogP contribution is 2.26. The van der Waals surface area contributed by atoms with Gasteiger partial charge in [0.05, 0.1) is 0 Å². The van der Waals surface area contributed by atoms with E-state index in [4.69, 9.17) is 0 Å². The Kier molecular flexibility index (Phi) is 5.40. The molecule has 1 saturated heterocycles. The molecule has 0 unspecified atom stereocenters. The molecule has 0 aliphatic carbocycles. The molecule has 1 aromatic heterocycles. The Hall–Kier alpha value is -0.920. The van der Waals surface area contributed by atoms with E-state index < -0.39 is 10.0 Å². The number of hydrogen-bond acceptors (Lipinski definition) is 4. The first-order chi connectivity index (χ1) is 9.91. The lowest BCUT2D eigenvalue weighted by molar-refractivity contribution is -0.126. The van der Waals surface area contributed by atoms with Crippen LogP contribution in [0.4, 0.5) is 0 Å². The quantitative estimate of drug-likeness (QED) is 0.897. The number of piperidine rings is 1. The molecule has 0 aromatic carbocycles. The number of thiophene rings is 1. The number of hydrogen-bond donors (Lipinski definition) is 1. The number of nitrogens with one attached hydrogen (secondary N) is 1. The predicted molar refractivity (Wildman–Crippen MR) is 83.6 cm³/mol. The zero-order valence-corrected chi connectivity index (χ0v) is 14.0. The van der Waals surface area contributed by atoms with E-state index in [1.54, 1.807) is 17.5 Å². The predicted octanol–water partition coefficient (Wildman–Crippen LogP) is 1.92. The van der Waals surface area contributed by atoms with Crippen LogP contribution in [-0.2, 0) is 14.8 Å². The molecule has 7 heteroatoms. The van der Waals surface area contributed by atoms with E-state index in [1.807, 2.05) is 0 Å². The van der Waals surface area contributed by atoms with Gasteiger partial charge in [0.2, 0.25) is 5.91 Å². The largest absolute Gasteiger partial charge is 0.356 e. The third-order valence-corrected chi connectivity index (χ3v) is 6.87. The fourth-order valence-electron chi connectivity index (χ4n) is 2.34. The minimum Gasteiger partial charge on any atom is -0.356 e. The van der Waals surface area contributed by atoms with Crippen LogP contribution in [0.25, 0.3) is 0 Å². The van der Waals surface area contributed by atoms with Gasteiger partial charge in [0.25, 0.3) is 10.0 Å². The van der Waals surface area contributed by atoms with Crippen LogP contribution in [0.5, 0.6) is 0 Å². The van der Waals surface area contributed by atoms with Crippen molar-refractivity contribution in [1.29, 1.82) is 0 Å². The third kappa shape index (κ3) is 4.05. The lowest BCUT2D eigenvalue weighted by Crippen LogP contribution is -2.43. The van der Waals surface area contributed by atoms with Crippen LogP contribution in [0.1, 0.15) is 26.7 Å². The van der Waals surface area contributed by atoms with E-state index >= 15 is 0 Å². The lowest BCUT2D eigenvalue weighted by Gasteiger charge is -2.30. The van der Waals surface area contributed by atoms with Crippen LogP contribution < -0.4 is 5.32 Å². The minimum atomic E-state index is -3.37. The van der Waals surface area contributed by atoms with E-state index in [2.05, 4.69) is 19.2 Å². The molecule has 1 aromatic rings. The van der Waals surface area contributed by atoms with Gasteiger partial charge in [-0.05, 0) is 30.2 Å². The van der Waals surface area contributed by atoms with Crippen molar-refractivity contribution in [1.82, 2.24) is 9.62 Å². The standard InChI is InChI=1S/C14H22N2O3S2/c1-11(2)10-15-14(17)12-5-7-16(8-6-12)21(18,19)13-4-3-9-20-13/h3-4,9,11-12H,5-8,10H2,1-2H3,(H,15,17). The summed E-state index contributed by atoms with van der Waals surface area (Å²) in [4.78, 5) is 12.0. The van der Waals surface area contributed by atoms with Gasteiger partial charge in [0.15, 0.2) is 0 Å². The fourth-order valence-corrected chi connectivity index (χ4v) is 4.96. The molecule has 0 saturated carbocycles. The lowest BCUT2D eigenvalue weighted by atomic mass is 9.97. The first-order valence-corrected chi connectivity index (χ1v) is 9.54. The van der Waals surface area contributed by atoms with Gasteiger partial charge in [-0.25, -0.2) is 8.42 Å². The van der Waals surface area contributed by atoms with Crippen molar-refractivity contribution in [3.8, 4) is 0 Å². The van der Waals surface area contributed by atoms with Crippen molar-refractivity contribution < 1.29 is 13.2 Å². The van der Waals surface area contributed by atoms with Crippen molar-refractivity contribution in [3.05, 3.63) is 17.5 Å². The topological polar surface area (TPSA) is 66.5 Å². The molecule has 5 nitrogen and oxygen atoms in total. The number of sulfonamides is 1. The van der Waals surface area contributed by atoms with Crippen molar-refractivity contribution in [2.75, 3.05) is 19.6 Å². The van der Waals surface area contributed by atoms with Gasteiger partial charge < -0.3 is 5.32 Å². The maximum Gasteiger partial charge on any atom is 0.252 e. The molecule has 0 atom stereocenters. The molecule has 1 fully saturated rings. The van der Waals surface area contributed by atoms with Crippen molar-refractivity contribution in [3.63, 3.8) is 0 Å². The molecule has 118 valence electrons. The highest BCUT2D eigenvalue weighted by atomic mass is 32.2. The Labute approximate surface area is 130 Å². The summed E-state index contributed by atoms with van der Waals surface area (Å²) in [7, 11) is -3.37. The molecule has 0 bridgehead atoms.